The average Bonchev–Trinajstić information content (AvgIpc) is 2.92. The highest BCUT2D eigenvalue weighted by Gasteiger charge is 2.27. The molecule has 182 valence electrons. The van der Waals surface area contributed by atoms with Crippen LogP contribution in [0.15, 0.2) is 48.5 Å². The Kier molecular flexibility index (Phi) is 6.39. The molecule has 3 aromatic rings. The summed E-state index contributed by atoms with van der Waals surface area (Å²) in [5.41, 5.74) is 1.52. The number of amides is 2. The number of benzene rings is 2. The van der Waals surface area contributed by atoms with Gasteiger partial charge in [-0.3, -0.25) is 9.59 Å². The van der Waals surface area contributed by atoms with Crippen molar-refractivity contribution >= 4 is 34.1 Å². The molecule has 2 aromatic carbocycles. The van der Waals surface area contributed by atoms with E-state index in [-0.39, 0.29) is 11.8 Å². The van der Waals surface area contributed by atoms with Gasteiger partial charge in [-0.2, -0.15) is 0 Å². The van der Waals surface area contributed by atoms with E-state index in [1.54, 1.807) is 23.8 Å². The summed E-state index contributed by atoms with van der Waals surface area (Å²) in [6.45, 7) is 6.96. The van der Waals surface area contributed by atoms with Gasteiger partial charge in [-0.25, -0.2) is 0 Å². The molecule has 0 unspecified atom stereocenters. The van der Waals surface area contributed by atoms with E-state index in [9.17, 15) is 9.59 Å². The van der Waals surface area contributed by atoms with E-state index in [1.165, 1.54) is 0 Å². The summed E-state index contributed by atoms with van der Waals surface area (Å²) in [6, 6.07) is 16.0. The van der Waals surface area contributed by atoms with Crippen LogP contribution in [0.4, 0.5) is 11.5 Å². The lowest BCUT2D eigenvalue weighted by Crippen LogP contribution is -2.50. The van der Waals surface area contributed by atoms with Crippen molar-refractivity contribution in [3.8, 4) is 5.75 Å². The first kappa shape index (κ1) is 22.9. The molecule has 1 aromatic heterocycles. The molecule has 9 nitrogen and oxygen atoms in total. The number of piperazine rings is 2. The number of anilines is 2. The predicted octanol–water partition coefficient (Wildman–Crippen LogP) is 2.27. The molecular formula is C26H30N6O3. The van der Waals surface area contributed by atoms with Crippen molar-refractivity contribution in [1.29, 1.82) is 0 Å². The van der Waals surface area contributed by atoms with E-state index in [0.717, 1.165) is 54.2 Å². The molecule has 9 heteroatoms. The molecule has 0 aliphatic carbocycles. The molecule has 35 heavy (non-hydrogen) atoms. The highest BCUT2D eigenvalue weighted by Crippen LogP contribution is 2.29. The number of methoxy groups -OCH3 is 1. The SMILES string of the molecule is COc1cccc(N2CCN(c3nnc(C(=O)N4CCN(C(C)=O)CC4)c4ccccc34)CC2)c1. The minimum atomic E-state index is -0.133. The van der Waals surface area contributed by atoms with Crippen LogP contribution in [0, 0.1) is 0 Å². The van der Waals surface area contributed by atoms with Crippen LogP contribution in [0.5, 0.6) is 5.75 Å². The number of carbonyl (C=O) groups is 2. The van der Waals surface area contributed by atoms with Crippen molar-refractivity contribution in [2.75, 3.05) is 69.3 Å². The lowest BCUT2D eigenvalue weighted by atomic mass is 10.1. The van der Waals surface area contributed by atoms with Crippen LogP contribution < -0.4 is 14.5 Å². The van der Waals surface area contributed by atoms with E-state index in [2.05, 4.69) is 32.1 Å². The van der Waals surface area contributed by atoms with Gasteiger partial charge in [-0.1, -0.05) is 30.3 Å². The van der Waals surface area contributed by atoms with Crippen molar-refractivity contribution in [2.45, 2.75) is 6.92 Å². The van der Waals surface area contributed by atoms with E-state index < -0.39 is 0 Å². The highest BCUT2D eigenvalue weighted by atomic mass is 16.5. The van der Waals surface area contributed by atoms with Crippen LogP contribution in [0.3, 0.4) is 0 Å². The van der Waals surface area contributed by atoms with Gasteiger partial charge in [0, 0.05) is 81.8 Å². The molecule has 0 radical (unpaired) electrons. The number of ether oxygens (including phenoxy) is 1. The van der Waals surface area contributed by atoms with Gasteiger partial charge < -0.3 is 24.3 Å². The topological polar surface area (TPSA) is 82.1 Å². The Hall–Kier alpha value is -3.88. The summed E-state index contributed by atoms with van der Waals surface area (Å²) in [6.07, 6.45) is 0. The molecule has 0 bridgehead atoms. The van der Waals surface area contributed by atoms with Gasteiger partial charge in [0.1, 0.15) is 5.75 Å². The fourth-order valence-electron chi connectivity index (χ4n) is 4.84. The maximum atomic E-state index is 13.3. The second kappa shape index (κ2) is 9.77. The number of fused-ring (bicyclic) bond motifs is 1. The average molecular weight is 475 g/mol. The fraction of sp³-hybridized carbons (Fsp3) is 0.385. The number of nitrogens with zero attached hydrogens (tertiary/aromatic N) is 6. The minimum absolute atomic E-state index is 0.0400. The van der Waals surface area contributed by atoms with Crippen molar-refractivity contribution in [2.24, 2.45) is 0 Å². The zero-order valence-electron chi connectivity index (χ0n) is 20.2. The summed E-state index contributed by atoms with van der Waals surface area (Å²) in [4.78, 5) is 33.1. The van der Waals surface area contributed by atoms with Gasteiger partial charge in [0.05, 0.1) is 7.11 Å². The molecule has 0 N–H and O–H groups in total. The van der Waals surface area contributed by atoms with E-state index in [0.29, 0.717) is 31.9 Å². The first-order valence-electron chi connectivity index (χ1n) is 12.0. The molecule has 2 aliphatic heterocycles. The fourth-order valence-corrected chi connectivity index (χ4v) is 4.84. The third-order valence-electron chi connectivity index (χ3n) is 6.88. The van der Waals surface area contributed by atoms with Crippen molar-refractivity contribution in [3.63, 3.8) is 0 Å². The van der Waals surface area contributed by atoms with Gasteiger partial charge in [0.15, 0.2) is 11.5 Å². The Morgan fingerprint density at radius 1 is 0.771 bits per heavy atom. The molecule has 0 spiro atoms. The van der Waals surface area contributed by atoms with Gasteiger partial charge in [0.25, 0.3) is 5.91 Å². The Bertz CT molecular complexity index is 1230. The Balaban J connectivity index is 1.34. The summed E-state index contributed by atoms with van der Waals surface area (Å²) >= 11 is 0. The Labute approximate surface area is 204 Å². The molecule has 2 saturated heterocycles. The summed E-state index contributed by atoms with van der Waals surface area (Å²) in [5, 5.41) is 10.7. The Morgan fingerprint density at radius 2 is 1.43 bits per heavy atom. The lowest BCUT2D eigenvalue weighted by Gasteiger charge is -2.37. The molecule has 3 heterocycles. The van der Waals surface area contributed by atoms with Crippen LogP contribution in [-0.4, -0.2) is 91.3 Å². The number of hydrogen-bond acceptors (Lipinski definition) is 7. The molecule has 2 aliphatic rings. The van der Waals surface area contributed by atoms with Crippen molar-refractivity contribution in [1.82, 2.24) is 20.0 Å². The summed E-state index contributed by atoms with van der Waals surface area (Å²) in [5.74, 6) is 1.57. The maximum Gasteiger partial charge on any atom is 0.275 e. The molecule has 5 rings (SSSR count). The molecule has 2 fully saturated rings. The zero-order valence-corrected chi connectivity index (χ0v) is 20.2. The molecule has 0 atom stereocenters. The monoisotopic (exact) mass is 474 g/mol. The maximum absolute atomic E-state index is 13.3. The molecule has 2 amide bonds. The largest absolute Gasteiger partial charge is 0.497 e. The predicted molar refractivity (Wildman–Crippen MR) is 135 cm³/mol. The van der Waals surface area contributed by atoms with Crippen LogP contribution in [0.1, 0.15) is 17.4 Å². The minimum Gasteiger partial charge on any atom is -0.497 e. The number of carbonyl (C=O) groups excluding carboxylic acids is 2. The van der Waals surface area contributed by atoms with Gasteiger partial charge in [0.2, 0.25) is 5.91 Å². The quantitative estimate of drug-likeness (QED) is 0.574. The second-order valence-electron chi connectivity index (χ2n) is 8.89. The third-order valence-corrected chi connectivity index (χ3v) is 6.88. The van der Waals surface area contributed by atoms with Crippen LogP contribution in [0.25, 0.3) is 10.8 Å². The molecular weight excluding hydrogens is 444 g/mol. The second-order valence-corrected chi connectivity index (χ2v) is 8.89. The van der Waals surface area contributed by atoms with Crippen LogP contribution >= 0.6 is 0 Å². The number of hydrogen-bond donors (Lipinski definition) is 0. The van der Waals surface area contributed by atoms with E-state index >= 15 is 0 Å². The standard InChI is InChI=1S/C26H30N6O3/c1-19(33)29-10-16-32(17-11-29)26(34)24-22-8-3-4-9-23(22)25(28-27-24)31-14-12-30(13-15-31)20-6-5-7-21(18-20)35-2/h3-9,18H,10-17H2,1-2H3. The normalized spacial score (nSPS) is 16.5. The first-order chi connectivity index (χ1) is 17.0. The first-order valence-corrected chi connectivity index (χ1v) is 12.0. The van der Waals surface area contributed by atoms with Crippen molar-refractivity contribution in [3.05, 3.63) is 54.2 Å². The summed E-state index contributed by atoms with van der Waals surface area (Å²) in [7, 11) is 1.68. The van der Waals surface area contributed by atoms with Gasteiger partial charge in [-0.05, 0) is 12.1 Å². The molecule has 0 saturated carbocycles. The van der Waals surface area contributed by atoms with E-state index in [4.69, 9.17) is 4.74 Å². The number of aromatic nitrogens is 2. The number of rotatable bonds is 4. The highest BCUT2D eigenvalue weighted by molar-refractivity contribution is 6.07. The Morgan fingerprint density at radius 3 is 2.11 bits per heavy atom. The van der Waals surface area contributed by atoms with Gasteiger partial charge >= 0.3 is 0 Å². The summed E-state index contributed by atoms with van der Waals surface area (Å²) < 4.78 is 5.37. The lowest BCUT2D eigenvalue weighted by molar-refractivity contribution is -0.130. The smallest absolute Gasteiger partial charge is 0.275 e. The van der Waals surface area contributed by atoms with E-state index in [1.807, 2.05) is 36.4 Å². The van der Waals surface area contributed by atoms with Crippen LogP contribution in [-0.2, 0) is 4.79 Å². The zero-order chi connectivity index (χ0) is 24.4. The van der Waals surface area contributed by atoms with Crippen molar-refractivity contribution < 1.29 is 14.3 Å². The van der Waals surface area contributed by atoms with Gasteiger partial charge in [-0.15, -0.1) is 10.2 Å². The third kappa shape index (κ3) is 4.58. The van der Waals surface area contributed by atoms with Crippen LogP contribution in [0.2, 0.25) is 0 Å².